The summed E-state index contributed by atoms with van der Waals surface area (Å²) in [5, 5.41) is 9.43. The third-order valence-corrected chi connectivity index (χ3v) is 4.18. The van der Waals surface area contributed by atoms with Crippen LogP contribution in [0.5, 0.6) is 0 Å². The molecular weight excluding hydrogens is 306 g/mol. The summed E-state index contributed by atoms with van der Waals surface area (Å²) in [7, 11) is 0. The first-order valence-electron chi connectivity index (χ1n) is 8.23. The predicted molar refractivity (Wildman–Crippen MR) is 89.3 cm³/mol. The van der Waals surface area contributed by atoms with Gasteiger partial charge in [-0.3, -0.25) is 20.0 Å². The summed E-state index contributed by atoms with van der Waals surface area (Å²) in [6, 6.07) is 9.12. The number of nitrogens with zero attached hydrogens (tertiary/aromatic N) is 3. The van der Waals surface area contributed by atoms with E-state index in [-0.39, 0.29) is 17.8 Å². The fourth-order valence-corrected chi connectivity index (χ4v) is 2.91. The molecule has 1 aliphatic rings. The normalized spacial score (nSPS) is 17.0. The average molecular weight is 327 g/mol. The number of carbonyl (C=O) groups is 2. The van der Waals surface area contributed by atoms with Crippen molar-refractivity contribution in [3.8, 4) is 0 Å². The largest absolute Gasteiger partial charge is 0.330 e. The van der Waals surface area contributed by atoms with Crippen LogP contribution in [0, 0.1) is 0 Å². The Morgan fingerprint density at radius 1 is 1.33 bits per heavy atom. The lowest BCUT2D eigenvalue weighted by Gasteiger charge is -2.23. The molecule has 1 aromatic carbocycles. The number of anilines is 1. The monoisotopic (exact) mass is 327 g/mol. The van der Waals surface area contributed by atoms with Gasteiger partial charge in [-0.05, 0) is 18.4 Å². The summed E-state index contributed by atoms with van der Waals surface area (Å²) in [5.41, 5.74) is 0.954. The standard InChI is InChI=1S/C17H21N5O2/c1-2-14-18-17(21-20-14)19-16(24)13-9-6-10-22(13)15(23)11-12-7-4-3-5-8-12/h3-5,7-8,13H,2,6,9-11H2,1H3,(H2,18,19,20,21,24)/t13-/m0/s1. The maximum atomic E-state index is 12.5. The molecule has 7 nitrogen and oxygen atoms in total. The van der Waals surface area contributed by atoms with E-state index in [4.69, 9.17) is 0 Å². The van der Waals surface area contributed by atoms with Gasteiger partial charge in [-0.25, -0.2) is 0 Å². The zero-order valence-corrected chi connectivity index (χ0v) is 13.7. The second-order valence-corrected chi connectivity index (χ2v) is 5.86. The number of aromatic amines is 1. The first-order chi connectivity index (χ1) is 11.7. The Labute approximate surface area is 140 Å². The van der Waals surface area contributed by atoms with Crippen LogP contribution in [0.25, 0.3) is 0 Å². The molecular formula is C17H21N5O2. The van der Waals surface area contributed by atoms with E-state index >= 15 is 0 Å². The molecule has 0 aliphatic carbocycles. The van der Waals surface area contributed by atoms with Gasteiger partial charge in [0.2, 0.25) is 17.8 Å². The number of benzene rings is 1. The summed E-state index contributed by atoms with van der Waals surface area (Å²) in [6.45, 7) is 2.56. The van der Waals surface area contributed by atoms with Crippen molar-refractivity contribution in [3.63, 3.8) is 0 Å². The number of rotatable bonds is 5. The second kappa shape index (κ2) is 7.25. The number of nitrogens with one attached hydrogen (secondary N) is 2. The summed E-state index contributed by atoms with van der Waals surface area (Å²) in [6.07, 6.45) is 2.52. The van der Waals surface area contributed by atoms with Crippen molar-refractivity contribution < 1.29 is 9.59 Å². The third-order valence-electron chi connectivity index (χ3n) is 4.18. The molecule has 3 rings (SSSR count). The van der Waals surface area contributed by atoms with Gasteiger partial charge in [0.25, 0.3) is 0 Å². The fraction of sp³-hybridized carbons (Fsp3) is 0.412. The Morgan fingerprint density at radius 3 is 2.83 bits per heavy atom. The minimum atomic E-state index is -0.454. The number of H-pyrrole nitrogens is 1. The molecule has 2 amide bonds. The topological polar surface area (TPSA) is 91.0 Å². The molecule has 2 N–H and O–H groups in total. The van der Waals surface area contributed by atoms with E-state index < -0.39 is 6.04 Å². The highest BCUT2D eigenvalue weighted by Crippen LogP contribution is 2.20. The lowest BCUT2D eigenvalue weighted by molar-refractivity contribution is -0.136. The highest BCUT2D eigenvalue weighted by Gasteiger charge is 2.34. The number of amides is 2. The first kappa shape index (κ1) is 16.2. The molecule has 0 radical (unpaired) electrons. The van der Waals surface area contributed by atoms with Crippen molar-refractivity contribution in [3.05, 3.63) is 41.7 Å². The molecule has 126 valence electrons. The minimum absolute atomic E-state index is 0.0249. The Balaban J connectivity index is 1.63. The molecule has 0 unspecified atom stereocenters. The van der Waals surface area contributed by atoms with Crippen molar-refractivity contribution in [1.82, 2.24) is 20.1 Å². The summed E-state index contributed by atoms with van der Waals surface area (Å²) in [4.78, 5) is 30.9. The number of likely N-dealkylation sites (tertiary alicyclic amines) is 1. The number of aromatic nitrogens is 3. The lowest BCUT2D eigenvalue weighted by Crippen LogP contribution is -2.44. The molecule has 0 bridgehead atoms. The molecule has 2 heterocycles. The SMILES string of the molecule is CCc1nc(NC(=O)[C@@H]2CCCN2C(=O)Cc2ccccc2)n[nH]1. The Morgan fingerprint density at radius 2 is 2.12 bits per heavy atom. The van der Waals surface area contributed by atoms with Crippen LogP contribution in [-0.2, 0) is 22.4 Å². The third kappa shape index (κ3) is 3.61. The van der Waals surface area contributed by atoms with Gasteiger partial charge in [-0.2, -0.15) is 4.98 Å². The smallest absolute Gasteiger partial charge is 0.249 e. The first-order valence-corrected chi connectivity index (χ1v) is 8.23. The Bertz CT molecular complexity index is 713. The van der Waals surface area contributed by atoms with Crippen molar-refractivity contribution >= 4 is 17.8 Å². The van der Waals surface area contributed by atoms with Crippen LogP contribution in [0.1, 0.15) is 31.2 Å². The van der Waals surface area contributed by atoms with Crippen molar-refractivity contribution in [2.45, 2.75) is 38.6 Å². The van der Waals surface area contributed by atoms with E-state index in [2.05, 4.69) is 20.5 Å². The van der Waals surface area contributed by atoms with Gasteiger partial charge in [-0.15, -0.1) is 5.10 Å². The summed E-state index contributed by atoms with van der Waals surface area (Å²) in [5.74, 6) is 0.728. The van der Waals surface area contributed by atoms with Crippen LogP contribution in [-0.4, -0.2) is 44.5 Å². The van der Waals surface area contributed by atoms with Gasteiger partial charge in [0.15, 0.2) is 0 Å². The maximum Gasteiger partial charge on any atom is 0.249 e. The van der Waals surface area contributed by atoms with E-state index in [1.54, 1.807) is 4.90 Å². The number of aryl methyl sites for hydroxylation is 1. The van der Waals surface area contributed by atoms with Crippen LogP contribution in [0.2, 0.25) is 0 Å². The van der Waals surface area contributed by atoms with Gasteiger partial charge < -0.3 is 4.90 Å². The van der Waals surface area contributed by atoms with Crippen LogP contribution < -0.4 is 5.32 Å². The van der Waals surface area contributed by atoms with Crippen LogP contribution in [0.15, 0.2) is 30.3 Å². The predicted octanol–water partition coefficient (Wildman–Crippen LogP) is 1.54. The molecule has 1 fully saturated rings. The molecule has 0 spiro atoms. The highest BCUT2D eigenvalue weighted by atomic mass is 16.2. The van der Waals surface area contributed by atoms with E-state index in [1.807, 2.05) is 37.3 Å². The minimum Gasteiger partial charge on any atom is -0.330 e. The molecule has 1 aromatic heterocycles. The zero-order chi connectivity index (χ0) is 16.9. The van der Waals surface area contributed by atoms with Crippen molar-refractivity contribution in [2.24, 2.45) is 0 Å². The van der Waals surface area contributed by atoms with Gasteiger partial charge >= 0.3 is 0 Å². The van der Waals surface area contributed by atoms with Gasteiger partial charge in [0.1, 0.15) is 11.9 Å². The van der Waals surface area contributed by atoms with Gasteiger partial charge in [0, 0.05) is 13.0 Å². The molecule has 7 heteroatoms. The van der Waals surface area contributed by atoms with Crippen LogP contribution >= 0.6 is 0 Å². The molecule has 1 aliphatic heterocycles. The van der Waals surface area contributed by atoms with E-state index in [9.17, 15) is 9.59 Å². The molecule has 24 heavy (non-hydrogen) atoms. The van der Waals surface area contributed by atoms with Gasteiger partial charge in [-0.1, -0.05) is 37.3 Å². The molecule has 1 saturated heterocycles. The Kier molecular flexibility index (Phi) is 4.88. The molecule has 2 aromatic rings. The lowest BCUT2D eigenvalue weighted by atomic mass is 10.1. The highest BCUT2D eigenvalue weighted by molar-refractivity contribution is 5.96. The quantitative estimate of drug-likeness (QED) is 0.871. The van der Waals surface area contributed by atoms with Crippen molar-refractivity contribution in [1.29, 1.82) is 0 Å². The van der Waals surface area contributed by atoms with E-state index in [0.717, 1.165) is 12.0 Å². The van der Waals surface area contributed by atoms with Crippen LogP contribution in [0.3, 0.4) is 0 Å². The van der Waals surface area contributed by atoms with Crippen LogP contribution in [0.4, 0.5) is 5.95 Å². The number of hydrogen-bond acceptors (Lipinski definition) is 4. The number of hydrogen-bond donors (Lipinski definition) is 2. The summed E-state index contributed by atoms with van der Waals surface area (Å²) < 4.78 is 0. The van der Waals surface area contributed by atoms with Gasteiger partial charge in [0.05, 0.1) is 6.42 Å². The number of carbonyl (C=O) groups excluding carboxylic acids is 2. The van der Waals surface area contributed by atoms with E-state index in [1.165, 1.54) is 0 Å². The second-order valence-electron chi connectivity index (χ2n) is 5.86. The van der Waals surface area contributed by atoms with Crippen molar-refractivity contribution in [2.75, 3.05) is 11.9 Å². The summed E-state index contributed by atoms with van der Waals surface area (Å²) >= 11 is 0. The molecule has 0 saturated carbocycles. The molecule has 1 atom stereocenters. The van der Waals surface area contributed by atoms with E-state index in [0.29, 0.717) is 31.6 Å². The Hall–Kier alpha value is -2.70. The zero-order valence-electron chi connectivity index (χ0n) is 13.7. The maximum absolute atomic E-state index is 12.5. The fourth-order valence-electron chi connectivity index (χ4n) is 2.91. The average Bonchev–Trinajstić information content (AvgIpc) is 3.24.